The number of hydrogen-bond acceptors (Lipinski definition) is 3. The number of nitrogen functional groups attached to an aromatic ring is 1. The Morgan fingerprint density at radius 2 is 1.56 bits per heavy atom. The summed E-state index contributed by atoms with van der Waals surface area (Å²) >= 11 is 0. The first-order valence-corrected chi connectivity index (χ1v) is 4.32. The van der Waals surface area contributed by atoms with Gasteiger partial charge in [-0.2, -0.15) is 0 Å². The van der Waals surface area contributed by atoms with Gasteiger partial charge in [0.05, 0.1) is 5.69 Å². The van der Waals surface area contributed by atoms with Crippen LogP contribution in [-0.2, 0) is 0 Å². The maximum absolute atomic E-state index is 12.9. The summed E-state index contributed by atoms with van der Waals surface area (Å²) in [5.41, 5.74) is 5.62. The van der Waals surface area contributed by atoms with Crippen molar-refractivity contribution in [3.63, 3.8) is 0 Å². The Balaban J connectivity index is 2.52. The van der Waals surface area contributed by atoms with Crippen molar-refractivity contribution >= 4 is 5.82 Å². The molecule has 0 amide bonds. The molecule has 0 aliphatic carbocycles. The van der Waals surface area contributed by atoms with Gasteiger partial charge in [-0.3, -0.25) is 0 Å². The number of hydrogen-bond donors (Lipinski definition) is 1. The number of nitrogens with two attached hydrogens (primary N) is 1. The van der Waals surface area contributed by atoms with Gasteiger partial charge in [0.2, 0.25) is 0 Å². The van der Waals surface area contributed by atoms with Crippen LogP contribution in [-0.4, -0.2) is 10.2 Å². The zero-order valence-corrected chi connectivity index (χ0v) is 7.92. The van der Waals surface area contributed by atoms with Crippen LogP contribution in [0.15, 0.2) is 24.3 Å². The zero-order valence-electron chi connectivity index (χ0n) is 7.92. The molecule has 82 valence electrons. The van der Waals surface area contributed by atoms with Crippen LogP contribution in [0.1, 0.15) is 0 Å². The van der Waals surface area contributed by atoms with Crippen LogP contribution in [0.25, 0.3) is 11.3 Å². The summed E-state index contributed by atoms with van der Waals surface area (Å²) in [5, 5.41) is 7.16. The van der Waals surface area contributed by atoms with Gasteiger partial charge in [0.15, 0.2) is 17.5 Å². The fourth-order valence-corrected chi connectivity index (χ4v) is 1.20. The molecule has 0 unspecified atom stereocenters. The van der Waals surface area contributed by atoms with Crippen LogP contribution in [0, 0.1) is 17.5 Å². The Labute approximate surface area is 88.7 Å². The van der Waals surface area contributed by atoms with Crippen molar-refractivity contribution in [1.29, 1.82) is 0 Å². The lowest BCUT2D eigenvalue weighted by molar-refractivity contribution is 0.447. The second-order valence-corrected chi connectivity index (χ2v) is 3.10. The molecular formula is C10H6F3N3. The van der Waals surface area contributed by atoms with E-state index >= 15 is 0 Å². The Morgan fingerprint density at radius 1 is 0.938 bits per heavy atom. The molecule has 1 aromatic heterocycles. The van der Waals surface area contributed by atoms with Gasteiger partial charge in [-0.1, -0.05) is 0 Å². The van der Waals surface area contributed by atoms with Gasteiger partial charge in [-0.05, 0) is 24.3 Å². The third kappa shape index (κ3) is 1.81. The van der Waals surface area contributed by atoms with Gasteiger partial charge in [-0.15, -0.1) is 10.2 Å². The van der Waals surface area contributed by atoms with Crippen LogP contribution in [0.4, 0.5) is 19.0 Å². The first kappa shape index (κ1) is 10.4. The molecule has 6 heteroatoms. The van der Waals surface area contributed by atoms with Gasteiger partial charge in [0.1, 0.15) is 5.82 Å². The predicted octanol–water partition coefficient (Wildman–Crippen LogP) is 2.14. The third-order valence-electron chi connectivity index (χ3n) is 1.96. The van der Waals surface area contributed by atoms with Gasteiger partial charge in [0, 0.05) is 5.56 Å². The summed E-state index contributed by atoms with van der Waals surface area (Å²) in [6.07, 6.45) is 0. The summed E-state index contributed by atoms with van der Waals surface area (Å²) in [7, 11) is 0. The summed E-state index contributed by atoms with van der Waals surface area (Å²) in [5.74, 6) is -3.86. The first-order chi connectivity index (χ1) is 7.58. The highest BCUT2D eigenvalue weighted by molar-refractivity contribution is 5.59. The average molecular weight is 225 g/mol. The zero-order chi connectivity index (χ0) is 11.7. The fraction of sp³-hybridized carbons (Fsp3) is 0. The second-order valence-electron chi connectivity index (χ2n) is 3.10. The molecule has 0 bridgehead atoms. The highest BCUT2D eigenvalue weighted by Crippen LogP contribution is 2.21. The maximum Gasteiger partial charge on any atom is 0.194 e. The highest BCUT2D eigenvalue weighted by Gasteiger charge is 2.12. The maximum atomic E-state index is 12.9. The van der Waals surface area contributed by atoms with E-state index in [-0.39, 0.29) is 17.1 Å². The van der Waals surface area contributed by atoms with Gasteiger partial charge in [0.25, 0.3) is 0 Å². The lowest BCUT2D eigenvalue weighted by atomic mass is 10.1. The van der Waals surface area contributed by atoms with E-state index in [0.29, 0.717) is 0 Å². The molecule has 0 radical (unpaired) electrons. The highest BCUT2D eigenvalue weighted by atomic mass is 19.2. The molecule has 2 rings (SSSR count). The lowest BCUT2D eigenvalue weighted by Crippen LogP contribution is -1.96. The van der Waals surface area contributed by atoms with Crippen molar-refractivity contribution < 1.29 is 13.2 Å². The summed E-state index contributed by atoms with van der Waals surface area (Å²) in [6, 6.07) is 4.56. The molecule has 0 spiro atoms. The summed E-state index contributed by atoms with van der Waals surface area (Å²) < 4.78 is 38.5. The van der Waals surface area contributed by atoms with E-state index in [1.54, 1.807) is 0 Å². The van der Waals surface area contributed by atoms with E-state index in [9.17, 15) is 13.2 Å². The Bertz CT molecular complexity index is 502. The number of halogens is 3. The van der Waals surface area contributed by atoms with Crippen molar-refractivity contribution in [1.82, 2.24) is 10.2 Å². The molecule has 0 atom stereocenters. The van der Waals surface area contributed by atoms with Crippen molar-refractivity contribution in [2.45, 2.75) is 0 Å². The number of nitrogens with zero attached hydrogens (tertiary/aromatic N) is 2. The molecule has 0 fully saturated rings. The van der Waals surface area contributed by atoms with Crippen LogP contribution in [0.5, 0.6) is 0 Å². The molecular weight excluding hydrogens is 219 g/mol. The number of rotatable bonds is 1. The number of benzene rings is 1. The van der Waals surface area contributed by atoms with Crippen LogP contribution in [0.2, 0.25) is 0 Å². The van der Waals surface area contributed by atoms with Crippen molar-refractivity contribution in [3.05, 3.63) is 41.7 Å². The van der Waals surface area contributed by atoms with Crippen molar-refractivity contribution in [2.75, 3.05) is 5.73 Å². The number of aromatic nitrogens is 2. The molecule has 3 nitrogen and oxygen atoms in total. The minimum Gasteiger partial charge on any atom is -0.382 e. The quantitative estimate of drug-likeness (QED) is 0.756. The predicted molar refractivity (Wildman–Crippen MR) is 51.8 cm³/mol. The normalized spacial score (nSPS) is 10.4. The van der Waals surface area contributed by atoms with Crippen molar-refractivity contribution in [2.24, 2.45) is 0 Å². The van der Waals surface area contributed by atoms with E-state index in [4.69, 9.17) is 5.73 Å². The Kier molecular flexibility index (Phi) is 2.47. The summed E-state index contributed by atoms with van der Waals surface area (Å²) in [4.78, 5) is 0. The molecule has 1 aromatic carbocycles. The molecule has 0 aliphatic rings. The summed E-state index contributed by atoms with van der Waals surface area (Å²) in [6.45, 7) is 0. The minimum atomic E-state index is -1.51. The topological polar surface area (TPSA) is 51.8 Å². The minimum absolute atomic E-state index is 0.101. The number of anilines is 1. The van der Waals surface area contributed by atoms with E-state index in [1.807, 2.05) is 0 Å². The first-order valence-electron chi connectivity index (χ1n) is 4.32. The molecule has 0 saturated carbocycles. The van der Waals surface area contributed by atoms with Crippen LogP contribution in [0.3, 0.4) is 0 Å². The van der Waals surface area contributed by atoms with E-state index < -0.39 is 17.5 Å². The molecule has 2 aromatic rings. The average Bonchev–Trinajstić information content (AvgIpc) is 2.26. The smallest absolute Gasteiger partial charge is 0.194 e. The van der Waals surface area contributed by atoms with E-state index in [2.05, 4.69) is 10.2 Å². The molecule has 2 N–H and O–H groups in total. The fourth-order valence-electron chi connectivity index (χ4n) is 1.20. The van der Waals surface area contributed by atoms with E-state index in [1.165, 1.54) is 12.1 Å². The van der Waals surface area contributed by atoms with Crippen LogP contribution < -0.4 is 5.73 Å². The van der Waals surface area contributed by atoms with Gasteiger partial charge < -0.3 is 5.73 Å². The standard InChI is InChI=1S/C10H6F3N3/c11-6-3-5(4-7(12)10(6)13)8-1-2-9(14)16-15-8/h1-4H,(H2,14,16). The van der Waals surface area contributed by atoms with Gasteiger partial charge in [-0.25, -0.2) is 13.2 Å². The monoisotopic (exact) mass is 225 g/mol. The lowest BCUT2D eigenvalue weighted by Gasteiger charge is -2.02. The van der Waals surface area contributed by atoms with Crippen LogP contribution >= 0.6 is 0 Å². The molecule has 1 heterocycles. The molecule has 0 aliphatic heterocycles. The third-order valence-corrected chi connectivity index (χ3v) is 1.96. The van der Waals surface area contributed by atoms with Gasteiger partial charge >= 0.3 is 0 Å². The second kappa shape index (κ2) is 3.80. The molecule has 0 saturated heterocycles. The Hall–Kier alpha value is -2.11. The van der Waals surface area contributed by atoms with Crippen molar-refractivity contribution in [3.8, 4) is 11.3 Å². The largest absolute Gasteiger partial charge is 0.382 e. The molecule has 16 heavy (non-hydrogen) atoms. The SMILES string of the molecule is Nc1ccc(-c2cc(F)c(F)c(F)c2)nn1. The van der Waals surface area contributed by atoms with E-state index in [0.717, 1.165) is 12.1 Å². The Morgan fingerprint density at radius 3 is 2.06 bits per heavy atom.